The molecule has 0 spiro atoms. The summed E-state index contributed by atoms with van der Waals surface area (Å²) in [4.78, 5) is 0. The van der Waals surface area contributed by atoms with E-state index in [2.05, 4.69) is 26.5 Å². The van der Waals surface area contributed by atoms with Gasteiger partial charge in [-0.1, -0.05) is 33.1 Å². The largest absolute Gasteiger partial charge is 0.173 e. The van der Waals surface area contributed by atoms with Crippen LogP contribution in [-0.4, -0.2) is 4.75 Å². The second-order valence-electron chi connectivity index (χ2n) is 3.99. The first kappa shape index (κ1) is 8.45. The fraction of sp³-hybridized carbons (Fsp3) is 1.00. The van der Waals surface area contributed by atoms with Crippen LogP contribution in [0.4, 0.5) is 0 Å². The summed E-state index contributed by atoms with van der Waals surface area (Å²) in [7, 11) is 0. The molecule has 0 amide bonds. The minimum absolute atomic E-state index is 0.264. The van der Waals surface area contributed by atoms with Crippen LogP contribution < -0.4 is 0 Å². The normalized spacial score (nSPS) is 23.1. The second-order valence-corrected chi connectivity index (χ2v) is 5.14. The van der Waals surface area contributed by atoms with Crippen LogP contribution in [0.25, 0.3) is 0 Å². The van der Waals surface area contributed by atoms with Gasteiger partial charge in [-0.05, 0) is 18.8 Å². The molecule has 10 heavy (non-hydrogen) atoms. The molecule has 1 aliphatic rings. The number of hydrogen-bond donors (Lipinski definition) is 1. The fourth-order valence-electron chi connectivity index (χ4n) is 1.81. The van der Waals surface area contributed by atoms with Gasteiger partial charge in [-0.3, -0.25) is 0 Å². The Kier molecular flexibility index (Phi) is 2.67. The van der Waals surface area contributed by atoms with Gasteiger partial charge in [0.1, 0.15) is 0 Å². The Morgan fingerprint density at radius 2 is 1.60 bits per heavy atom. The van der Waals surface area contributed by atoms with Crippen LogP contribution in [0.2, 0.25) is 0 Å². The number of hydrogen-bond acceptors (Lipinski definition) is 1. The molecule has 0 saturated heterocycles. The molecular formula is C9H18S. The van der Waals surface area contributed by atoms with E-state index in [4.69, 9.17) is 0 Å². The highest BCUT2D eigenvalue weighted by Crippen LogP contribution is 2.35. The maximum absolute atomic E-state index is 4.60. The van der Waals surface area contributed by atoms with Crippen LogP contribution in [0.3, 0.4) is 0 Å². The Morgan fingerprint density at radius 1 is 1.10 bits per heavy atom. The van der Waals surface area contributed by atoms with E-state index in [1.165, 1.54) is 32.1 Å². The third kappa shape index (κ3) is 2.19. The zero-order chi connectivity index (χ0) is 7.61. The van der Waals surface area contributed by atoms with Crippen molar-refractivity contribution < 1.29 is 0 Å². The van der Waals surface area contributed by atoms with E-state index in [-0.39, 0.29) is 4.75 Å². The average molecular weight is 158 g/mol. The van der Waals surface area contributed by atoms with Crippen LogP contribution in [0, 0.1) is 5.92 Å². The van der Waals surface area contributed by atoms with Crippen molar-refractivity contribution in [2.24, 2.45) is 5.92 Å². The Labute approximate surface area is 69.8 Å². The summed E-state index contributed by atoms with van der Waals surface area (Å²) >= 11 is 4.60. The minimum Gasteiger partial charge on any atom is -0.173 e. The van der Waals surface area contributed by atoms with Crippen molar-refractivity contribution in [3.63, 3.8) is 0 Å². The van der Waals surface area contributed by atoms with Gasteiger partial charge >= 0.3 is 0 Å². The molecule has 0 bridgehead atoms. The summed E-state index contributed by atoms with van der Waals surface area (Å²) in [5, 5.41) is 0. The molecule has 0 heterocycles. The van der Waals surface area contributed by atoms with Crippen molar-refractivity contribution in [3.8, 4) is 0 Å². The van der Waals surface area contributed by atoms with Gasteiger partial charge in [-0.25, -0.2) is 0 Å². The van der Waals surface area contributed by atoms with Crippen molar-refractivity contribution >= 4 is 12.6 Å². The maximum Gasteiger partial charge on any atom is 0.0101 e. The van der Waals surface area contributed by atoms with Crippen molar-refractivity contribution in [1.82, 2.24) is 0 Å². The summed E-state index contributed by atoms with van der Waals surface area (Å²) in [5.41, 5.74) is 0. The predicted octanol–water partition coefficient (Wildman–Crippen LogP) is 3.28. The zero-order valence-corrected chi connectivity index (χ0v) is 7.95. The summed E-state index contributed by atoms with van der Waals surface area (Å²) in [5.74, 6) is 0.865. The van der Waals surface area contributed by atoms with Crippen molar-refractivity contribution in [2.45, 2.75) is 50.7 Å². The SMILES string of the molecule is CC(C)(S)C1CCCCC1. The summed E-state index contributed by atoms with van der Waals surface area (Å²) < 4.78 is 0.264. The molecular weight excluding hydrogens is 140 g/mol. The molecule has 0 aromatic carbocycles. The molecule has 0 nitrogen and oxygen atoms in total. The molecule has 1 rings (SSSR count). The molecule has 1 aliphatic carbocycles. The van der Waals surface area contributed by atoms with E-state index in [0.29, 0.717) is 0 Å². The highest BCUT2D eigenvalue weighted by atomic mass is 32.1. The van der Waals surface area contributed by atoms with Crippen molar-refractivity contribution in [1.29, 1.82) is 0 Å². The molecule has 0 aliphatic heterocycles. The first-order valence-corrected chi connectivity index (χ1v) is 4.78. The molecule has 0 unspecified atom stereocenters. The molecule has 1 heteroatoms. The highest BCUT2D eigenvalue weighted by molar-refractivity contribution is 7.81. The number of thiol groups is 1. The van der Waals surface area contributed by atoms with E-state index in [9.17, 15) is 0 Å². The lowest BCUT2D eigenvalue weighted by Gasteiger charge is -2.32. The Bertz CT molecular complexity index is 95.8. The first-order chi connectivity index (χ1) is 4.61. The Morgan fingerprint density at radius 3 is 1.90 bits per heavy atom. The van der Waals surface area contributed by atoms with E-state index >= 15 is 0 Å². The van der Waals surface area contributed by atoms with Crippen LogP contribution in [0.1, 0.15) is 46.0 Å². The van der Waals surface area contributed by atoms with Crippen molar-refractivity contribution in [2.75, 3.05) is 0 Å². The van der Waals surface area contributed by atoms with Gasteiger partial charge in [-0.2, -0.15) is 12.6 Å². The average Bonchev–Trinajstić information content (AvgIpc) is 1.88. The molecule has 0 aromatic heterocycles. The summed E-state index contributed by atoms with van der Waals surface area (Å²) in [6.45, 7) is 4.48. The molecule has 0 atom stereocenters. The molecule has 0 aromatic rings. The minimum atomic E-state index is 0.264. The number of rotatable bonds is 1. The van der Waals surface area contributed by atoms with Gasteiger partial charge < -0.3 is 0 Å². The topological polar surface area (TPSA) is 0 Å². The zero-order valence-electron chi connectivity index (χ0n) is 7.06. The van der Waals surface area contributed by atoms with Gasteiger partial charge in [0.2, 0.25) is 0 Å². The highest BCUT2D eigenvalue weighted by Gasteiger charge is 2.26. The predicted molar refractivity (Wildman–Crippen MR) is 49.6 cm³/mol. The quantitative estimate of drug-likeness (QED) is 0.556. The van der Waals surface area contributed by atoms with Gasteiger partial charge in [0.15, 0.2) is 0 Å². The van der Waals surface area contributed by atoms with Crippen LogP contribution >= 0.6 is 12.6 Å². The molecule has 60 valence electrons. The van der Waals surface area contributed by atoms with Crippen LogP contribution in [0.15, 0.2) is 0 Å². The van der Waals surface area contributed by atoms with Gasteiger partial charge in [0.25, 0.3) is 0 Å². The monoisotopic (exact) mass is 158 g/mol. The van der Waals surface area contributed by atoms with Crippen LogP contribution in [0.5, 0.6) is 0 Å². The summed E-state index contributed by atoms with van der Waals surface area (Å²) in [6, 6.07) is 0. The molecule has 1 fully saturated rings. The Hall–Kier alpha value is 0.350. The smallest absolute Gasteiger partial charge is 0.0101 e. The van der Waals surface area contributed by atoms with Gasteiger partial charge in [-0.15, -0.1) is 0 Å². The third-order valence-corrected chi connectivity index (χ3v) is 2.97. The third-order valence-electron chi connectivity index (χ3n) is 2.60. The van der Waals surface area contributed by atoms with E-state index in [1.54, 1.807) is 0 Å². The van der Waals surface area contributed by atoms with E-state index in [0.717, 1.165) is 5.92 Å². The lowest BCUT2D eigenvalue weighted by Crippen LogP contribution is -2.26. The summed E-state index contributed by atoms with van der Waals surface area (Å²) in [6.07, 6.45) is 7.09. The maximum atomic E-state index is 4.60. The fourth-order valence-corrected chi connectivity index (χ4v) is 2.07. The lowest BCUT2D eigenvalue weighted by molar-refractivity contribution is 0.305. The second kappa shape index (κ2) is 3.17. The lowest BCUT2D eigenvalue weighted by atomic mass is 9.81. The Balaban J connectivity index is 2.39. The van der Waals surface area contributed by atoms with Crippen LogP contribution in [-0.2, 0) is 0 Å². The van der Waals surface area contributed by atoms with Gasteiger partial charge in [0.05, 0.1) is 0 Å². The van der Waals surface area contributed by atoms with Crippen molar-refractivity contribution in [3.05, 3.63) is 0 Å². The molecule has 1 saturated carbocycles. The molecule has 0 N–H and O–H groups in total. The van der Waals surface area contributed by atoms with E-state index in [1.807, 2.05) is 0 Å². The standard InChI is InChI=1S/C9H18S/c1-9(2,10)8-6-4-3-5-7-8/h8,10H,3-7H2,1-2H3. The molecule has 0 radical (unpaired) electrons. The van der Waals surface area contributed by atoms with Gasteiger partial charge in [0, 0.05) is 4.75 Å². The van der Waals surface area contributed by atoms with E-state index < -0.39 is 0 Å². The first-order valence-electron chi connectivity index (χ1n) is 4.33.